The maximum Gasteiger partial charge on any atom is 0.223 e. The van der Waals surface area contributed by atoms with Crippen LogP contribution in [0.1, 0.15) is 32.6 Å². The summed E-state index contributed by atoms with van der Waals surface area (Å²) < 4.78 is 0. The zero-order chi connectivity index (χ0) is 11.5. The number of carbonyl (C=O) groups is 1. The molecule has 1 amide bonds. The molecule has 1 N–H and O–H groups in total. The van der Waals surface area contributed by atoms with Crippen molar-refractivity contribution in [2.24, 2.45) is 11.8 Å². The van der Waals surface area contributed by atoms with Crippen molar-refractivity contribution in [3.05, 3.63) is 12.2 Å². The smallest absolute Gasteiger partial charge is 0.223 e. The summed E-state index contributed by atoms with van der Waals surface area (Å²) >= 11 is 0. The fourth-order valence-electron chi connectivity index (χ4n) is 2.63. The van der Waals surface area contributed by atoms with Crippen molar-refractivity contribution in [1.82, 2.24) is 4.90 Å². The van der Waals surface area contributed by atoms with Gasteiger partial charge >= 0.3 is 0 Å². The quantitative estimate of drug-likeness (QED) is 0.738. The van der Waals surface area contributed by atoms with Crippen molar-refractivity contribution in [2.45, 2.75) is 38.7 Å². The number of hydrogen-bond donors (Lipinski definition) is 1. The van der Waals surface area contributed by atoms with Crippen LogP contribution >= 0.6 is 0 Å². The van der Waals surface area contributed by atoms with E-state index in [1.807, 2.05) is 11.8 Å². The molecule has 0 aromatic heterocycles. The molecular weight excluding hydrogens is 202 g/mol. The van der Waals surface area contributed by atoms with Gasteiger partial charge in [0, 0.05) is 25.4 Å². The Labute approximate surface area is 97.1 Å². The van der Waals surface area contributed by atoms with Crippen LogP contribution in [0.25, 0.3) is 0 Å². The van der Waals surface area contributed by atoms with E-state index in [0.717, 1.165) is 32.4 Å². The summed E-state index contributed by atoms with van der Waals surface area (Å²) in [5, 5.41) is 9.49. The Morgan fingerprint density at radius 2 is 2.38 bits per heavy atom. The Balaban J connectivity index is 1.80. The second-order valence-corrected chi connectivity index (χ2v) is 5.10. The second-order valence-electron chi connectivity index (χ2n) is 5.10. The molecule has 2 aliphatic rings. The van der Waals surface area contributed by atoms with Gasteiger partial charge in [0.2, 0.25) is 5.91 Å². The zero-order valence-electron chi connectivity index (χ0n) is 9.93. The molecule has 0 aromatic carbocycles. The Kier molecular flexibility index (Phi) is 3.64. The average Bonchev–Trinajstić information content (AvgIpc) is 2.86. The molecule has 0 saturated carbocycles. The molecule has 0 aromatic rings. The molecule has 1 saturated heterocycles. The largest absolute Gasteiger partial charge is 0.393 e. The van der Waals surface area contributed by atoms with Crippen LogP contribution < -0.4 is 0 Å². The van der Waals surface area contributed by atoms with Gasteiger partial charge in [0.1, 0.15) is 0 Å². The highest BCUT2D eigenvalue weighted by Gasteiger charge is 2.29. The molecule has 0 radical (unpaired) electrons. The molecule has 2 rings (SSSR count). The standard InChI is InChI=1S/C13H21NO2/c1-10(15)12-6-7-14(9-12)13(16)8-11-4-2-3-5-11/h2,4,10-12,15H,3,5-9H2,1H3. The van der Waals surface area contributed by atoms with E-state index in [1.165, 1.54) is 0 Å². The third-order valence-electron chi connectivity index (χ3n) is 3.81. The second kappa shape index (κ2) is 5.00. The van der Waals surface area contributed by atoms with Gasteiger partial charge in [0.15, 0.2) is 0 Å². The minimum Gasteiger partial charge on any atom is -0.393 e. The summed E-state index contributed by atoms with van der Waals surface area (Å²) in [6.45, 7) is 3.39. The summed E-state index contributed by atoms with van der Waals surface area (Å²) in [6, 6.07) is 0. The molecule has 0 bridgehead atoms. The molecule has 1 fully saturated rings. The fraction of sp³-hybridized carbons (Fsp3) is 0.769. The van der Waals surface area contributed by atoms with Crippen LogP contribution in [0.15, 0.2) is 12.2 Å². The van der Waals surface area contributed by atoms with Crippen LogP contribution in [-0.2, 0) is 4.79 Å². The predicted molar refractivity (Wildman–Crippen MR) is 62.8 cm³/mol. The normalized spacial score (nSPS) is 31.0. The third kappa shape index (κ3) is 2.64. The van der Waals surface area contributed by atoms with E-state index in [-0.39, 0.29) is 17.9 Å². The zero-order valence-corrected chi connectivity index (χ0v) is 9.93. The number of carbonyl (C=O) groups excluding carboxylic acids is 1. The van der Waals surface area contributed by atoms with Crippen LogP contribution in [0.2, 0.25) is 0 Å². The lowest BCUT2D eigenvalue weighted by atomic mass is 10.0. The van der Waals surface area contributed by atoms with Crippen molar-refractivity contribution < 1.29 is 9.90 Å². The first-order valence-electron chi connectivity index (χ1n) is 6.29. The lowest BCUT2D eigenvalue weighted by molar-refractivity contribution is -0.131. The SMILES string of the molecule is CC(O)C1CCN(C(=O)CC2C=CCC2)C1. The van der Waals surface area contributed by atoms with E-state index in [4.69, 9.17) is 0 Å². The molecule has 3 unspecified atom stereocenters. The maximum absolute atomic E-state index is 12.0. The molecule has 16 heavy (non-hydrogen) atoms. The van der Waals surface area contributed by atoms with Crippen molar-refractivity contribution in [3.8, 4) is 0 Å². The highest BCUT2D eigenvalue weighted by Crippen LogP contribution is 2.24. The highest BCUT2D eigenvalue weighted by atomic mass is 16.3. The van der Waals surface area contributed by atoms with E-state index in [1.54, 1.807) is 0 Å². The lowest BCUT2D eigenvalue weighted by Crippen LogP contribution is -2.31. The molecule has 1 heterocycles. The van der Waals surface area contributed by atoms with Crippen LogP contribution in [0.3, 0.4) is 0 Å². The summed E-state index contributed by atoms with van der Waals surface area (Å²) in [4.78, 5) is 13.9. The third-order valence-corrected chi connectivity index (χ3v) is 3.81. The molecule has 1 aliphatic carbocycles. The Bertz CT molecular complexity index is 286. The number of hydrogen-bond acceptors (Lipinski definition) is 2. The Hall–Kier alpha value is -0.830. The van der Waals surface area contributed by atoms with Gasteiger partial charge in [-0.3, -0.25) is 4.79 Å². The van der Waals surface area contributed by atoms with Gasteiger partial charge in [-0.2, -0.15) is 0 Å². The molecule has 1 aliphatic heterocycles. The summed E-state index contributed by atoms with van der Waals surface area (Å²) in [7, 11) is 0. The molecule has 0 spiro atoms. The average molecular weight is 223 g/mol. The van der Waals surface area contributed by atoms with Gasteiger partial charge in [0.05, 0.1) is 6.10 Å². The topological polar surface area (TPSA) is 40.5 Å². The number of likely N-dealkylation sites (tertiary alicyclic amines) is 1. The maximum atomic E-state index is 12.0. The van der Waals surface area contributed by atoms with Crippen molar-refractivity contribution >= 4 is 5.91 Å². The first-order valence-corrected chi connectivity index (χ1v) is 6.29. The van der Waals surface area contributed by atoms with E-state index >= 15 is 0 Å². The van der Waals surface area contributed by atoms with Gasteiger partial charge in [0.25, 0.3) is 0 Å². The molecular formula is C13H21NO2. The molecule has 3 atom stereocenters. The number of nitrogens with zero attached hydrogens (tertiary/aromatic N) is 1. The molecule has 3 nitrogen and oxygen atoms in total. The van der Waals surface area contributed by atoms with Gasteiger partial charge in [-0.1, -0.05) is 12.2 Å². The van der Waals surface area contributed by atoms with Crippen molar-refractivity contribution in [2.75, 3.05) is 13.1 Å². The van der Waals surface area contributed by atoms with E-state index < -0.39 is 0 Å². The first kappa shape index (κ1) is 11.6. The fourth-order valence-corrected chi connectivity index (χ4v) is 2.63. The Morgan fingerprint density at radius 1 is 1.56 bits per heavy atom. The summed E-state index contributed by atoms with van der Waals surface area (Å²) in [5.41, 5.74) is 0. The summed E-state index contributed by atoms with van der Waals surface area (Å²) in [5.74, 6) is 1.00. The monoisotopic (exact) mass is 223 g/mol. The van der Waals surface area contributed by atoms with Crippen LogP contribution in [-0.4, -0.2) is 35.1 Å². The lowest BCUT2D eigenvalue weighted by Gasteiger charge is -2.19. The number of allylic oxidation sites excluding steroid dienone is 2. The Morgan fingerprint density at radius 3 is 2.94 bits per heavy atom. The van der Waals surface area contributed by atoms with Gasteiger partial charge in [-0.25, -0.2) is 0 Å². The van der Waals surface area contributed by atoms with Crippen molar-refractivity contribution in [3.63, 3.8) is 0 Å². The van der Waals surface area contributed by atoms with Gasteiger partial charge in [-0.05, 0) is 32.1 Å². The van der Waals surface area contributed by atoms with Gasteiger partial charge in [-0.15, -0.1) is 0 Å². The van der Waals surface area contributed by atoms with E-state index in [2.05, 4.69) is 12.2 Å². The van der Waals surface area contributed by atoms with Crippen LogP contribution in [0.4, 0.5) is 0 Å². The number of aliphatic hydroxyl groups is 1. The van der Waals surface area contributed by atoms with E-state index in [9.17, 15) is 9.90 Å². The minimum atomic E-state index is -0.288. The highest BCUT2D eigenvalue weighted by molar-refractivity contribution is 5.77. The molecule has 3 heteroatoms. The van der Waals surface area contributed by atoms with Crippen LogP contribution in [0, 0.1) is 11.8 Å². The molecule has 90 valence electrons. The number of rotatable bonds is 3. The van der Waals surface area contributed by atoms with Crippen LogP contribution in [0.5, 0.6) is 0 Å². The predicted octanol–water partition coefficient (Wildman–Crippen LogP) is 1.57. The van der Waals surface area contributed by atoms with Gasteiger partial charge < -0.3 is 10.0 Å². The van der Waals surface area contributed by atoms with E-state index in [0.29, 0.717) is 12.3 Å². The number of aliphatic hydroxyl groups excluding tert-OH is 1. The summed E-state index contributed by atoms with van der Waals surface area (Å²) in [6.07, 6.45) is 7.89. The van der Waals surface area contributed by atoms with Crippen molar-refractivity contribution in [1.29, 1.82) is 0 Å². The number of amides is 1. The first-order chi connectivity index (χ1) is 7.66. The minimum absolute atomic E-state index is 0.264.